The molecule has 10 heteroatoms. The van der Waals surface area contributed by atoms with Crippen LogP contribution in [0.5, 0.6) is 5.75 Å². The van der Waals surface area contributed by atoms with Gasteiger partial charge in [0.1, 0.15) is 17.6 Å². The van der Waals surface area contributed by atoms with Gasteiger partial charge in [-0.1, -0.05) is 23.8 Å². The zero-order chi connectivity index (χ0) is 22.1. The van der Waals surface area contributed by atoms with Crippen LogP contribution in [0.3, 0.4) is 0 Å². The molecule has 1 aromatic heterocycles. The van der Waals surface area contributed by atoms with Crippen molar-refractivity contribution in [1.82, 2.24) is 14.9 Å². The number of nitrogens with two attached hydrogens (primary N) is 2. The monoisotopic (exact) mass is 493 g/mol. The number of aromatic hydroxyl groups is 1. The summed E-state index contributed by atoms with van der Waals surface area (Å²) < 4.78 is 13.2. The first-order chi connectivity index (χ1) is 14.8. The second-order valence-corrected chi connectivity index (χ2v) is 7.86. The molecule has 1 saturated heterocycles. The van der Waals surface area contributed by atoms with Crippen molar-refractivity contribution in [3.05, 3.63) is 71.2 Å². The molecule has 0 saturated carbocycles. The smallest absolute Gasteiger partial charge is 0.244 e. The molecule has 4 rings (SSSR count). The van der Waals surface area contributed by atoms with Crippen molar-refractivity contribution in [2.45, 2.75) is 25.3 Å². The Bertz CT molecular complexity index is 1130. The highest BCUT2D eigenvalue weighted by molar-refractivity contribution is 5.85. The molecule has 2 aromatic carbocycles. The van der Waals surface area contributed by atoms with Gasteiger partial charge in [0, 0.05) is 24.6 Å². The molecular formula is C23H26Cl2FN5O2. The Morgan fingerprint density at radius 2 is 1.85 bits per heavy atom. The van der Waals surface area contributed by atoms with Crippen LogP contribution in [0.1, 0.15) is 35.2 Å². The van der Waals surface area contributed by atoms with Gasteiger partial charge in [0.2, 0.25) is 11.9 Å². The number of halogens is 3. The number of benzene rings is 2. The SMILES string of the molecule is Cc1ccc(O)c(-c2cc(C3CCN(C(=O)[C@H](N)c4ccc(F)cc4)C3)nc(N)n2)c1.Cl.Cl. The number of phenols is 1. The van der Waals surface area contributed by atoms with Crippen molar-refractivity contribution < 1.29 is 14.3 Å². The Morgan fingerprint density at radius 1 is 1.15 bits per heavy atom. The lowest BCUT2D eigenvalue weighted by Gasteiger charge is -2.21. The number of amides is 1. The molecule has 1 aliphatic rings. The number of carbonyl (C=O) groups is 1. The van der Waals surface area contributed by atoms with Crippen molar-refractivity contribution in [3.8, 4) is 17.0 Å². The minimum atomic E-state index is -0.852. The molecule has 176 valence electrons. The van der Waals surface area contributed by atoms with Crippen LogP contribution in [0.4, 0.5) is 10.3 Å². The second kappa shape index (κ2) is 10.8. The summed E-state index contributed by atoms with van der Waals surface area (Å²) in [6.45, 7) is 2.91. The lowest BCUT2D eigenvalue weighted by molar-refractivity contribution is -0.131. The number of likely N-dealkylation sites (tertiary alicyclic amines) is 1. The van der Waals surface area contributed by atoms with Crippen molar-refractivity contribution >= 4 is 36.7 Å². The van der Waals surface area contributed by atoms with E-state index in [0.717, 1.165) is 5.56 Å². The van der Waals surface area contributed by atoms with Crippen LogP contribution in [-0.2, 0) is 4.79 Å². The molecule has 2 heterocycles. The van der Waals surface area contributed by atoms with Crippen LogP contribution in [0, 0.1) is 12.7 Å². The highest BCUT2D eigenvalue weighted by Crippen LogP contribution is 2.33. The summed E-state index contributed by atoms with van der Waals surface area (Å²) in [4.78, 5) is 23.2. The van der Waals surface area contributed by atoms with Crippen molar-refractivity contribution in [1.29, 1.82) is 0 Å². The van der Waals surface area contributed by atoms with Crippen LogP contribution < -0.4 is 11.5 Å². The number of anilines is 1. The molecule has 2 atom stereocenters. The van der Waals surface area contributed by atoms with Gasteiger partial charge < -0.3 is 21.5 Å². The van der Waals surface area contributed by atoms with Gasteiger partial charge >= 0.3 is 0 Å². The summed E-state index contributed by atoms with van der Waals surface area (Å²) in [6.07, 6.45) is 0.706. The molecule has 1 fully saturated rings. The zero-order valence-corrected chi connectivity index (χ0v) is 19.6. The topological polar surface area (TPSA) is 118 Å². The van der Waals surface area contributed by atoms with E-state index in [1.165, 1.54) is 24.3 Å². The van der Waals surface area contributed by atoms with Gasteiger partial charge in [-0.15, -0.1) is 24.8 Å². The number of aromatic nitrogens is 2. The summed E-state index contributed by atoms with van der Waals surface area (Å²) in [7, 11) is 0. The van der Waals surface area contributed by atoms with Crippen LogP contribution in [0.2, 0.25) is 0 Å². The largest absolute Gasteiger partial charge is 0.507 e. The van der Waals surface area contributed by atoms with Gasteiger partial charge in [0.15, 0.2) is 0 Å². The molecule has 1 aliphatic heterocycles. The molecule has 1 unspecified atom stereocenters. The van der Waals surface area contributed by atoms with Crippen molar-refractivity contribution in [2.24, 2.45) is 5.73 Å². The average Bonchev–Trinajstić information content (AvgIpc) is 3.25. The number of aryl methyl sites for hydroxylation is 1. The van der Waals surface area contributed by atoms with Crippen LogP contribution >= 0.6 is 24.8 Å². The molecule has 33 heavy (non-hydrogen) atoms. The quantitative estimate of drug-likeness (QED) is 0.509. The molecule has 0 aliphatic carbocycles. The second-order valence-electron chi connectivity index (χ2n) is 7.86. The Balaban J connectivity index is 0.00000193. The summed E-state index contributed by atoms with van der Waals surface area (Å²) in [5.74, 6) is -0.390. The first-order valence-electron chi connectivity index (χ1n) is 10.1. The predicted octanol–water partition coefficient (Wildman–Crippen LogP) is 3.74. The molecule has 0 spiro atoms. The highest BCUT2D eigenvalue weighted by Gasteiger charge is 2.32. The highest BCUT2D eigenvalue weighted by atomic mass is 35.5. The van der Waals surface area contributed by atoms with E-state index < -0.39 is 6.04 Å². The third-order valence-electron chi connectivity index (χ3n) is 5.60. The number of hydrogen-bond acceptors (Lipinski definition) is 6. The standard InChI is InChI=1S/C23H24FN5O2.2ClH/c1-13-2-7-20(30)17(10-13)19-11-18(27-23(26)28-19)15-8-9-29(12-15)22(31)21(25)14-3-5-16(24)6-4-14;;/h2-7,10-11,15,21,30H,8-9,12,25H2,1H3,(H2,26,27,28);2*1H/t15?,21-;;/m1../s1. The third kappa shape index (κ3) is 5.71. The fraction of sp³-hybridized carbons (Fsp3) is 0.261. The maximum atomic E-state index is 13.2. The number of rotatable bonds is 4. The number of carbonyl (C=O) groups excluding carboxylic acids is 1. The molecule has 5 N–H and O–H groups in total. The van der Waals surface area contributed by atoms with E-state index in [2.05, 4.69) is 9.97 Å². The predicted molar refractivity (Wildman–Crippen MR) is 130 cm³/mol. The van der Waals surface area contributed by atoms with E-state index in [9.17, 15) is 14.3 Å². The van der Waals surface area contributed by atoms with Crippen molar-refractivity contribution in [3.63, 3.8) is 0 Å². The summed E-state index contributed by atoms with van der Waals surface area (Å²) in [5, 5.41) is 10.2. The Kier molecular flexibility index (Phi) is 8.60. The molecule has 0 bridgehead atoms. The number of hydrogen-bond donors (Lipinski definition) is 3. The van der Waals surface area contributed by atoms with Gasteiger partial charge in [-0.2, -0.15) is 0 Å². The Morgan fingerprint density at radius 3 is 2.55 bits per heavy atom. The minimum absolute atomic E-state index is 0. The van der Waals surface area contributed by atoms with Crippen LogP contribution in [0.25, 0.3) is 11.3 Å². The fourth-order valence-corrected chi connectivity index (χ4v) is 3.90. The summed E-state index contributed by atoms with van der Waals surface area (Å²) in [5.41, 5.74) is 15.5. The van der Waals surface area contributed by atoms with E-state index in [1.807, 2.05) is 25.1 Å². The van der Waals surface area contributed by atoms with Crippen LogP contribution in [-0.4, -0.2) is 39.0 Å². The van der Waals surface area contributed by atoms with E-state index >= 15 is 0 Å². The number of phenolic OH excluding ortho intramolecular Hbond substituents is 1. The maximum absolute atomic E-state index is 13.2. The summed E-state index contributed by atoms with van der Waals surface area (Å²) >= 11 is 0. The van der Waals surface area contributed by atoms with Gasteiger partial charge in [-0.05, 0) is 49.2 Å². The Hall–Kier alpha value is -2.94. The number of nitrogens with zero attached hydrogens (tertiary/aromatic N) is 3. The normalized spacial score (nSPS) is 16.0. The molecule has 0 radical (unpaired) electrons. The van der Waals surface area contributed by atoms with Gasteiger partial charge in [0.05, 0.1) is 11.4 Å². The lowest BCUT2D eigenvalue weighted by atomic mass is 10.0. The molecule has 3 aromatic rings. The van der Waals surface area contributed by atoms with Gasteiger partial charge in [-0.3, -0.25) is 4.79 Å². The zero-order valence-electron chi connectivity index (χ0n) is 17.9. The van der Waals surface area contributed by atoms with Gasteiger partial charge in [-0.25, -0.2) is 14.4 Å². The molecule has 1 amide bonds. The minimum Gasteiger partial charge on any atom is -0.507 e. The first-order valence-corrected chi connectivity index (χ1v) is 10.1. The average molecular weight is 494 g/mol. The van der Waals surface area contributed by atoms with E-state index in [-0.39, 0.29) is 54.2 Å². The van der Waals surface area contributed by atoms with Gasteiger partial charge in [0.25, 0.3) is 0 Å². The summed E-state index contributed by atoms with van der Waals surface area (Å²) in [6, 6.07) is 11.9. The lowest BCUT2D eigenvalue weighted by Crippen LogP contribution is -2.37. The molecular weight excluding hydrogens is 468 g/mol. The third-order valence-corrected chi connectivity index (χ3v) is 5.60. The fourth-order valence-electron chi connectivity index (χ4n) is 3.90. The molecule has 7 nitrogen and oxygen atoms in total. The number of nitrogen functional groups attached to an aromatic ring is 1. The van der Waals surface area contributed by atoms with E-state index in [0.29, 0.717) is 42.0 Å². The van der Waals surface area contributed by atoms with Crippen LogP contribution in [0.15, 0.2) is 48.5 Å². The van der Waals surface area contributed by atoms with E-state index in [4.69, 9.17) is 11.5 Å². The van der Waals surface area contributed by atoms with E-state index in [1.54, 1.807) is 11.0 Å². The maximum Gasteiger partial charge on any atom is 0.244 e. The first kappa shape index (κ1) is 26.3. The Labute approximate surface area is 203 Å². The van der Waals surface area contributed by atoms with Crippen molar-refractivity contribution in [2.75, 3.05) is 18.8 Å².